The minimum Gasteiger partial charge on any atom is -0.207 e. The Morgan fingerprint density at radius 2 is 1.56 bits per heavy atom. The Balaban J connectivity index is 1.25. The smallest absolute Gasteiger partial charge is 0.126 e. The molecule has 0 spiro atoms. The normalized spacial score (nSPS) is 33.2. The van der Waals surface area contributed by atoms with Gasteiger partial charge in [0.1, 0.15) is 5.82 Å². The van der Waals surface area contributed by atoms with Crippen molar-refractivity contribution >= 4 is 0 Å². The molecule has 1 aromatic rings. The lowest BCUT2D eigenvalue weighted by Gasteiger charge is -2.45. The van der Waals surface area contributed by atoms with Gasteiger partial charge >= 0.3 is 0 Å². The summed E-state index contributed by atoms with van der Waals surface area (Å²) in [5, 5.41) is 0. The Labute approximate surface area is 196 Å². The van der Waals surface area contributed by atoms with Crippen LogP contribution in [0.4, 0.5) is 4.39 Å². The van der Waals surface area contributed by atoms with Crippen LogP contribution >= 0.6 is 0 Å². The van der Waals surface area contributed by atoms with E-state index in [-0.39, 0.29) is 5.82 Å². The van der Waals surface area contributed by atoms with E-state index in [4.69, 9.17) is 0 Å². The second-order valence-corrected chi connectivity index (χ2v) is 11.2. The van der Waals surface area contributed by atoms with E-state index in [1.165, 1.54) is 77.0 Å². The van der Waals surface area contributed by atoms with Gasteiger partial charge in [-0.1, -0.05) is 36.8 Å². The number of rotatable bonds is 8. The van der Waals surface area contributed by atoms with Crippen LogP contribution in [-0.2, 0) is 6.42 Å². The Hall–Kier alpha value is -1.37. The first-order valence-corrected chi connectivity index (χ1v) is 13.7. The molecule has 0 N–H and O–H groups in total. The van der Waals surface area contributed by atoms with E-state index >= 15 is 0 Å². The van der Waals surface area contributed by atoms with Gasteiger partial charge in [0.2, 0.25) is 0 Å². The Morgan fingerprint density at radius 3 is 2.28 bits per heavy atom. The van der Waals surface area contributed by atoms with Gasteiger partial charge in [0, 0.05) is 0 Å². The van der Waals surface area contributed by atoms with Crippen molar-refractivity contribution in [3.8, 4) is 0 Å². The molecule has 0 saturated heterocycles. The molecule has 0 amide bonds. The molecule has 3 saturated carbocycles. The molecular weight excluding hydrogens is 391 g/mol. The molecule has 32 heavy (non-hydrogen) atoms. The van der Waals surface area contributed by atoms with Crippen LogP contribution in [0, 0.1) is 35.4 Å². The quantitative estimate of drug-likeness (QED) is 0.356. The van der Waals surface area contributed by atoms with Crippen molar-refractivity contribution in [2.24, 2.45) is 29.6 Å². The first-order chi connectivity index (χ1) is 15.7. The SMILES string of the molecule is C=CCCc1ccc(C2CCC(C3CCC4CC(CC/C=C/C)CCC4C3)CC2)c(F)c1. The van der Waals surface area contributed by atoms with Crippen LogP contribution in [0.1, 0.15) is 107 Å². The highest BCUT2D eigenvalue weighted by atomic mass is 19.1. The first-order valence-electron chi connectivity index (χ1n) is 13.7. The molecule has 0 nitrogen and oxygen atoms in total. The van der Waals surface area contributed by atoms with E-state index in [0.717, 1.165) is 53.6 Å². The number of benzene rings is 1. The Kier molecular flexibility index (Phi) is 8.67. The lowest BCUT2D eigenvalue weighted by Crippen LogP contribution is -2.34. The predicted molar refractivity (Wildman–Crippen MR) is 135 cm³/mol. The lowest BCUT2D eigenvalue weighted by atomic mass is 9.60. The summed E-state index contributed by atoms with van der Waals surface area (Å²) in [6, 6.07) is 6.00. The van der Waals surface area contributed by atoms with Crippen molar-refractivity contribution in [1.82, 2.24) is 0 Å². The maximum absolute atomic E-state index is 14.8. The third-order valence-corrected chi connectivity index (χ3v) is 9.32. The topological polar surface area (TPSA) is 0 Å². The van der Waals surface area contributed by atoms with Crippen LogP contribution in [-0.4, -0.2) is 0 Å². The molecule has 3 aliphatic rings. The molecule has 0 radical (unpaired) electrons. The second-order valence-electron chi connectivity index (χ2n) is 11.2. The number of hydrogen-bond acceptors (Lipinski definition) is 0. The number of hydrogen-bond donors (Lipinski definition) is 0. The van der Waals surface area contributed by atoms with E-state index in [2.05, 4.69) is 37.8 Å². The van der Waals surface area contributed by atoms with Gasteiger partial charge in [-0.3, -0.25) is 0 Å². The fourth-order valence-corrected chi connectivity index (χ4v) is 7.44. The lowest BCUT2D eigenvalue weighted by molar-refractivity contribution is 0.0620. The van der Waals surface area contributed by atoms with Gasteiger partial charge in [0.15, 0.2) is 0 Å². The number of aryl methyl sites for hydroxylation is 1. The van der Waals surface area contributed by atoms with Gasteiger partial charge in [-0.15, -0.1) is 6.58 Å². The highest BCUT2D eigenvalue weighted by Crippen LogP contribution is 2.50. The summed E-state index contributed by atoms with van der Waals surface area (Å²) >= 11 is 0. The molecule has 4 unspecified atom stereocenters. The monoisotopic (exact) mass is 436 g/mol. The van der Waals surface area contributed by atoms with Gasteiger partial charge in [-0.25, -0.2) is 4.39 Å². The van der Waals surface area contributed by atoms with E-state index < -0.39 is 0 Å². The van der Waals surface area contributed by atoms with E-state index in [0.29, 0.717) is 5.92 Å². The summed E-state index contributed by atoms with van der Waals surface area (Å²) < 4.78 is 14.8. The van der Waals surface area contributed by atoms with Gasteiger partial charge in [0.25, 0.3) is 0 Å². The van der Waals surface area contributed by atoms with Crippen LogP contribution in [0.15, 0.2) is 43.0 Å². The van der Waals surface area contributed by atoms with Crippen molar-refractivity contribution in [3.63, 3.8) is 0 Å². The Morgan fingerprint density at radius 1 is 0.875 bits per heavy atom. The van der Waals surface area contributed by atoms with E-state index in [1.54, 1.807) is 6.07 Å². The third kappa shape index (κ3) is 5.95. The zero-order chi connectivity index (χ0) is 22.3. The van der Waals surface area contributed by atoms with Gasteiger partial charge in [-0.05, 0) is 143 Å². The number of allylic oxidation sites excluding steroid dienone is 3. The van der Waals surface area contributed by atoms with Crippen LogP contribution in [0.3, 0.4) is 0 Å². The molecule has 1 aromatic carbocycles. The standard InChI is InChI=1S/C31H45F/c1-3-5-7-9-23-10-12-29-22-28(18-17-27(29)20-23)25-13-15-26(16-14-25)30-19-11-24(8-6-4-2)21-31(30)32/h3-5,11,19,21,23,25-29H,2,6-10,12-18,20,22H2,1H3/b5-3+. The van der Waals surface area contributed by atoms with Crippen LogP contribution in [0.25, 0.3) is 0 Å². The molecule has 0 bridgehead atoms. The molecule has 0 aliphatic heterocycles. The van der Waals surface area contributed by atoms with Crippen molar-refractivity contribution < 1.29 is 4.39 Å². The first kappa shape index (κ1) is 23.8. The summed E-state index contributed by atoms with van der Waals surface area (Å²) in [6.07, 6.45) is 24.9. The molecule has 4 rings (SSSR count). The molecule has 0 heterocycles. The van der Waals surface area contributed by atoms with Crippen LogP contribution in [0.5, 0.6) is 0 Å². The van der Waals surface area contributed by atoms with Crippen molar-refractivity contribution in [2.75, 3.05) is 0 Å². The zero-order valence-corrected chi connectivity index (χ0v) is 20.4. The second kappa shape index (κ2) is 11.7. The summed E-state index contributed by atoms with van der Waals surface area (Å²) in [6.45, 7) is 5.92. The summed E-state index contributed by atoms with van der Waals surface area (Å²) in [5.74, 6) is 5.31. The molecular formula is C31H45F. The highest BCUT2D eigenvalue weighted by Gasteiger charge is 2.38. The van der Waals surface area contributed by atoms with Crippen molar-refractivity contribution in [2.45, 2.75) is 103 Å². The summed E-state index contributed by atoms with van der Waals surface area (Å²) in [7, 11) is 0. The van der Waals surface area contributed by atoms with Crippen molar-refractivity contribution in [1.29, 1.82) is 0 Å². The molecule has 3 aliphatic carbocycles. The van der Waals surface area contributed by atoms with Crippen LogP contribution in [0.2, 0.25) is 0 Å². The van der Waals surface area contributed by atoms with E-state index in [9.17, 15) is 4.39 Å². The minimum atomic E-state index is 0.0294. The Bertz CT molecular complexity index is 754. The molecule has 4 atom stereocenters. The average Bonchev–Trinajstić information content (AvgIpc) is 2.83. The fourth-order valence-electron chi connectivity index (χ4n) is 7.44. The molecule has 176 valence electrons. The molecule has 0 aromatic heterocycles. The summed E-state index contributed by atoms with van der Waals surface area (Å²) in [4.78, 5) is 0. The number of fused-ring (bicyclic) bond motifs is 1. The zero-order valence-electron chi connectivity index (χ0n) is 20.4. The number of halogens is 1. The van der Waals surface area contributed by atoms with Gasteiger partial charge in [0.05, 0.1) is 0 Å². The highest BCUT2D eigenvalue weighted by molar-refractivity contribution is 5.28. The largest absolute Gasteiger partial charge is 0.207 e. The maximum atomic E-state index is 14.8. The van der Waals surface area contributed by atoms with Crippen LogP contribution < -0.4 is 0 Å². The fraction of sp³-hybridized carbons (Fsp3) is 0.677. The summed E-state index contributed by atoms with van der Waals surface area (Å²) in [5.41, 5.74) is 2.08. The third-order valence-electron chi connectivity index (χ3n) is 9.32. The predicted octanol–water partition coefficient (Wildman–Crippen LogP) is 9.41. The molecule has 3 fully saturated rings. The average molecular weight is 437 g/mol. The maximum Gasteiger partial charge on any atom is 0.126 e. The van der Waals surface area contributed by atoms with Gasteiger partial charge in [-0.2, -0.15) is 0 Å². The molecule has 1 heteroatoms. The minimum absolute atomic E-state index is 0.0294. The van der Waals surface area contributed by atoms with E-state index in [1.807, 2.05) is 6.08 Å². The van der Waals surface area contributed by atoms with Gasteiger partial charge < -0.3 is 0 Å². The van der Waals surface area contributed by atoms with Crippen molar-refractivity contribution in [3.05, 3.63) is 60.0 Å².